The van der Waals surface area contributed by atoms with Crippen molar-refractivity contribution in [3.05, 3.63) is 0 Å². The van der Waals surface area contributed by atoms with Crippen molar-refractivity contribution >= 4 is 23.9 Å². The zero-order valence-electron chi connectivity index (χ0n) is 44.3. The molecule has 0 heterocycles. The van der Waals surface area contributed by atoms with Crippen LogP contribution in [0.3, 0.4) is 0 Å². The van der Waals surface area contributed by atoms with Gasteiger partial charge in [0.25, 0.3) is 0 Å². The van der Waals surface area contributed by atoms with E-state index in [4.69, 9.17) is 18.9 Å². The fourth-order valence-corrected chi connectivity index (χ4v) is 9.51. The Morgan fingerprint density at radius 2 is 0.565 bits per heavy atom. The Bertz CT molecular complexity index is 1300. The van der Waals surface area contributed by atoms with Crippen LogP contribution in [0.5, 0.6) is 0 Å². The first-order chi connectivity index (χ1) is 27.8. The molecule has 0 aliphatic carbocycles. The lowest BCUT2D eigenvalue weighted by molar-refractivity contribution is -0.149. The molecule has 0 aliphatic heterocycles. The first-order valence-corrected chi connectivity index (χ1v) is 23.9. The molecule has 0 rings (SSSR count). The molecular weight excluding hydrogens is 781 g/mol. The van der Waals surface area contributed by atoms with Crippen molar-refractivity contribution in [1.29, 1.82) is 0 Å². The molecule has 0 aliphatic rings. The number of hydrogen-bond acceptors (Lipinski definition) is 10. The standard InChI is InChI=1S/C52H100N2O8/c1-21-48(11,12)36-52(19,20)40-62-44(58)26-32-54(31-25-43(57)61-39-51(17,18)35-47(8,9)10)28-22-27-53(29-23-41(55)59-37-49(13,14)33-45(2,3)4)30-24-42(56)60-38-50(15,16)34-46(5,6)7/h21-40H2,1-20H3. The van der Waals surface area contributed by atoms with E-state index >= 15 is 0 Å². The number of rotatable bonds is 30. The van der Waals surface area contributed by atoms with E-state index in [0.29, 0.717) is 72.1 Å². The van der Waals surface area contributed by atoms with Crippen molar-refractivity contribution in [1.82, 2.24) is 9.80 Å². The zero-order valence-corrected chi connectivity index (χ0v) is 44.3. The molecule has 0 aromatic heterocycles. The summed E-state index contributed by atoms with van der Waals surface area (Å²) in [6.45, 7) is 47.8. The minimum atomic E-state index is -0.255. The van der Waals surface area contributed by atoms with Crippen LogP contribution < -0.4 is 0 Å². The molecule has 0 spiro atoms. The molecule has 62 heavy (non-hydrogen) atoms. The summed E-state index contributed by atoms with van der Waals surface area (Å²) >= 11 is 0. The fourth-order valence-electron chi connectivity index (χ4n) is 9.51. The van der Waals surface area contributed by atoms with E-state index in [1.165, 1.54) is 0 Å². The van der Waals surface area contributed by atoms with Crippen molar-refractivity contribution in [2.75, 3.05) is 65.7 Å². The Kier molecular flexibility index (Phi) is 24.6. The average molecular weight is 881 g/mol. The smallest absolute Gasteiger partial charge is 0.307 e. The third-order valence-corrected chi connectivity index (χ3v) is 10.9. The van der Waals surface area contributed by atoms with Gasteiger partial charge in [0.05, 0.1) is 52.1 Å². The maximum Gasteiger partial charge on any atom is 0.307 e. The summed E-state index contributed by atoms with van der Waals surface area (Å²) in [6.07, 6.45) is 6.28. The molecule has 0 bridgehead atoms. The highest BCUT2D eigenvalue weighted by molar-refractivity contribution is 5.71. The van der Waals surface area contributed by atoms with Gasteiger partial charge in [0, 0.05) is 26.2 Å². The summed E-state index contributed by atoms with van der Waals surface area (Å²) < 4.78 is 23.2. The van der Waals surface area contributed by atoms with Gasteiger partial charge in [-0.1, -0.05) is 145 Å². The first kappa shape index (κ1) is 59.8. The Hall–Kier alpha value is -2.20. The van der Waals surface area contributed by atoms with E-state index in [9.17, 15) is 19.2 Å². The van der Waals surface area contributed by atoms with Gasteiger partial charge in [-0.05, 0) is 88.5 Å². The van der Waals surface area contributed by atoms with Gasteiger partial charge in [-0.25, -0.2) is 0 Å². The van der Waals surface area contributed by atoms with Gasteiger partial charge in [-0.15, -0.1) is 0 Å². The molecule has 0 aromatic rings. The Labute approximate surface area is 382 Å². The molecule has 0 N–H and O–H groups in total. The van der Waals surface area contributed by atoms with Gasteiger partial charge in [-0.3, -0.25) is 19.2 Å². The third kappa shape index (κ3) is 33.3. The van der Waals surface area contributed by atoms with E-state index in [1.54, 1.807) is 0 Å². The second-order valence-electron chi connectivity index (χ2n) is 26.2. The number of carbonyl (C=O) groups excluding carboxylic acids is 4. The molecule has 0 unspecified atom stereocenters. The van der Waals surface area contributed by atoms with Crippen LogP contribution in [0.4, 0.5) is 0 Å². The number of nitrogens with zero attached hydrogens (tertiary/aromatic N) is 2. The third-order valence-electron chi connectivity index (χ3n) is 10.9. The first-order valence-electron chi connectivity index (χ1n) is 23.9. The minimum absolute atomic E-state index is 0.114. The SMILES string of the molecule is CCC(C)(C)CC(C)(C)COC(=O)CCN(CCCN(CCC(=O)OCC(C)(C)CC(C)(C)C)CCC(=O)OCC(C)(C)CC(C)(C)C)CCC(=O)OCC(C)(C)CC(C)(C)C. The lowest BCUT2D eigenvalue weighted by atomic mass is 9.74. The summed E-state index contributed by atoms with van der Waals surface area (Å²) in [5.74, 6) is -1.02. The van der Waals surface area contributed by atoms with Crippen molar-refractivity contribution in [2.24, 2.45) is 43.3 Å². The Morgan fingerprint density at radius 1 is 0.339 bits per heavy atom. The van der Waals surface area contributed by atoms with E-state index in [0.717, 1.165) is 32.1 Å². The Balaban J connectivity index is 5.87. The van der Waals surface area contributed by atoms with Crippen LogP contribution in [0.25, 0.3) is 0 Å². The fraction of sp³-hybridized carbons (Fsp3) is 0.923. The van der Waals surface area contributed by atoms with E-state index < -0.39 is 0 Å². The molecule has 10 nitrogen and oxygen atoms in total. The molecular formula is C52H100N2O8. The maximum absolute atomic E-state index is 13.1. The molecule has 0 amide bonds. The monoisotopic (exact) mass is 881 g/mol. The molecule has 0 fully saturated rings. The molecule has 0 saturated heterocycles. The summed E-state index contributed by atoms with van der Waals surface area (Å²) in [4.78, 5) is 56.5. The van der Waals surface area contributed by atoms with Crippen molar-refractivity contribution in [2.45, 2.75) is 203 Å². The summed E-state index contributed by atoms with van der Waals surface area (Å²) in [5.41, 5.74) is -0.0890. The van der Waals surface area contributed by atoms with Crippen LogP contribution in [0.1, 0.15) is 203 Å². The summed E-state index contributed by atoms with van der Waals surface area (Å²) in [6, 6.07) is 0. The van der Waals surface area contributed by atoms with Crippen LogP contribution in [0.15, 0.2) is 0 Å². The largest absolute Gasteiger partial charge is 0.465 e. The zero-order chi connectivity index (χ0) is 48.4. The molecule has 0 saturated carbocycles. The van der Waals surface area contributed by atoms with E-state index in [1.807, 2.05) is 0 Å². The molecule has 0 atom stereocenters. The maximum atomic E-state index is 13.1. The number of hydrogen-bond donors (Lipinski definition) is 0. The van der Waals surface area contributed by atoms with Crippen LogP contribution in [0.2, 0.25) is 0 Å². The lowest BCUT2D eigenvalue weighted by Gasteiger charge is -2.34. The van der Waals surface area contributed by atoms with E-state index in [2.05, 4.69) is 148 Å². The summed E-state index contributed by atoms with van der Waals surface area (Å²) in [5, 5.41) is 0. The van der Waals surface area contributed by atoms with Crippen LogP contribution in [-0.4, -0.2) is 99.4 Å². The topological polar surface area (TPSA) is 112 Å². The predicted octanol–water partition coefficient (Wildman–Crippen LogP) is 12.0. The van der Waals surface area contributed by atoms with Gasteiger partial charge in [0.2, 0.25) is 0 Å². The number of carbonyl (C=O) groups is 4. The van der Waals surface area contributed by atoms with Gasteiger partial charge in [0.15, 0.2) is 0 Å². The van der Waals surface area contributed by atoms with Crippen LogP contribution >= 0.6 is 0 Å². The predicted molar refractivity (Wildman–Crippen MR) is 256 cm³/mol. The van der Waals surface area contributed by atoms with E-state index in [-0.39, 0.29) is 92.9 Å². The van der Waals surface area contributed by atoms with Crippen molar-refractivity contribution in [3.63, 3.8) is 0 Å². The van der Waals surface area contributed by atoms with Crippen LogP contribution in [0, 0.1) is 43.3 Å². The normalized spacial score (nSPS) is 13.7. The van der Waals surface area contributed by atoms with Gasteiger partial charge < -0.3 is 28.7 Å². The minimum Gasteiger partial charge on any atom is -0.465 e. The molecule has 0 aromatic carbocycles. The molecule has 0 radical (unpaired) electrons. The highest BCUT2D eigenvalue weighted by Gasteiger charge is 2.31. The average Bonchev–Trinajstić information content (AvgIpc) is 3.06. The summed E-state index contributed by atoms with van der Waals surface area (Å²) in [7, 11) is 0. The molecule has 366 valence electrons. The van der Waals surface area contributed by atoms with Crippen molar-refractivity contribution in [3.8, 4) is 0 Å². The van der Waals surface area contributed by atoms with Gasteiger partial charge in [-0.2, -0.15) is 0 Å². The highest BCUT2D eigenvalue weighted by atomic mass is 16.5. The van der Waals surface area contributed by atoms with Crippen LogP contribution in [-0.2, 0) is 38.1 Å². The highest BCUT2D eigenvalue weighted by Crippen LogP contribution is 2.37. The van der Waals surface area contributed by atoms with Gasteiger partial charge in [0.1, 0.15) is 0 Å². The second kappa shape index (κ2) is 25.5. The quantitative estimate of drug-likeness (QED) is 0.0510. The Morgan fingerprint density at radius 3 is 0.774 bits per heavy atom. The van der Waals surface area contributed by atoms with Gasteiger partial charge >= 0.3 is 23.9 Å². The number of ether oxygens (including phenoxy) is 4. The number of esters is 4. The second-order valence-corrected chi connectivity index (χ2v) is 26.2. The lowest BCUT2D eigenvalue weighted by Crippen LogP contribution is -2.36. The van der Waals surface area contributed by atoms with Crippen molar-refractivity contribution < 1.29 is 38.1 Å². The molecule has 10 heteroatoms.